The van der Waals surface area contributed by atoms with Crippen molar-refractivity contribution >= 4 is 51.3 Å². The SMILES string of the molecule is Cc1scc(-c2nnc(SCC(=O)Nc3sc4c(c3C(N)=O)CCC(C)C4)n2C(C)C)c1C. The molecule has 3 N–H and O–H groups in total. The number of fused-ring (bicyclic) bond motifs is 1. The van der Waals surface area contributed by atoms with Gasteiger partial charge in [0.1, 0.15) is 5.00 Å². The van der Waals surface area contributed by atoms with Crippen LogP contribution in [0.25, 0.3) is 11.4 Å². The van der Waals surface area contributed by atoms with Gasteiger partial charge in [-0.15, -0.1) is 32.9 Å². The maximum Gasteiger partial charge on any atom is 0.251 e. The Labute approximate surface area is 206 Å². The fraction of sp³-hybridized carbons (Fsp3) is 0.478. The molecule has 0 saturated carbocycles. The third kappa shape index (κ3) is 4.74. The molecule has 3 aromatic heterocycles. The lowest BCUT2D eigenvalue weighted by Crippen LogP contribution is -2.20. The minimum absolute atomic E-state index is 0.146. The molecule has 1 atom stereocenters. The van der Waals surface area contributed by atoms with Crippen molar-refractivity contribution in [2.24, 2.45) is 11.7 Å². The zero-order chi connectivity index (χ0) is 23.9. The second-order valence-corrected chi connectivity index (χ2v) is 12.0. The van der Waals surface area contributed by atoms with Gasteiger partial charge in [-0.05, 0) is 64.0 Å². The van der Waals surface area contributed by atoms with Crippen LogP contribution in [0.3, 0.4) is 0 Å². The van der Waals surface area contributed by atoms with Gasteiger partial charge >= 0.3 is 0 Å². The van der Waals surface area contributed by atoms with E-state index in [0.717, 1.165) is 41.1 Å². The quantitative estimate of drug-likeness (QED) is 0.430. The Balaban J connectivity index is 1.51. The van der Waals surface area contributed by atoms with Crippen molar-refractivity contribution in [3.05, 3.63) is 31.8 Å². The molecule has 3 aromatic rings. The number of carbonyl (C=O) groups excluding carboxylic acids is 2. The summed E-state index contributed by atoms with van der Waals surface area (Å²) in [5, 5.41) is 15.1. The monoisotopic (exact) mass is 503 g/mol. The normalized spacial score (nSPS) is 15.6. The average Bonchev–Trinajstić information content (AvgIpc) is 3.41. The summed E-state index contributed by atoms with van der Waals surface area (Å²) in [6.07, 6.45) is 2.79. The van der Waals surface area contributed by atoms with Gasteiger partial charge in [0.05, 0.1) is 11.3 Å². The highest BCUT2D eigenvalue weighted by Gasteiger charge is 2.27. The Kier molecular flexibility index (Phi) is 6.97. The van der Waals surface area contributed by atoms with E-state index in [0.29, 0.717) is 21.6 Å². The first-order chi connectivity index (χ1) is 15.7. The van der Waals surface area contributed by atoms with Crippen LogP contribution >= 0.6 is 34.4 Å². The standard InChI is InChI=1S/C23H29N5O2S3/c1-11(2)28-21(16-9-31-14(5)13(16)4)26-27-23(28)32-10-18(29)25-22-19(20(24)30)15-7-6-12(3)8-17(15)33-22/h9,11-12H,6-8,10H2,1-5H3,(H2,24,30)(H,25,29). The van der Waals surface area contributed by atoms with E-state index in [1.807, 2.05) is 0 Å². The summed E-state index contributed by atoms with van der Waals surface area (Å²) in [6.45, 7) is 10.6. The number of rotatable bonds is 7. The Morgan fingerprint density at radius 3 is 2.73 bits per heavy atom. The van der Waals surface area contributed by atoms with Crippen LogP contribution < -0.4 is 11.1 Å². The molecular weight excluding hydrogens is 474 g/mol. The number of hydrogen-bond donors (Lipinski definition) is 2. The fourth-order valence-electron chi connectivity index (χ4n) is 4.15. The van der Waals surface area contributed by atoms with Crippen molar-refractivity contribution in [2.75, 3.05) is 11.1 Å². The minimum Gasteiger partial charge on any atom is -0.365 e. The van der Waals surface area contributed by atoms with E-state index in [4.69, 9.17) is 5.73 Å². The number of carbonyl (C=O) groups is 2. The lowest BCUT2D eigenvalue weighted by atomic mass is 9.88. The molecule has 7 nitrogen and oxygen atoms in total. The van der Waals surface area contributed by atoms with Crippen molar-refractivity contribution in [1.82, 2.24) is 14.8 Å². The zero-order valence-electron chi connectivity index (χ0n) is 19.5. The van der Waals surface area contributed by atoms with Gasteiger partial charge < -0.3 is 11.1 Å². The molecule has 3 heterocycles. The van der Waals surface area contributed by atoms with Gasteiger partial charge in [0, 0.05) is 26.7 Å². The summed E-state index contributed by atoms with van der Waals surface area (Å²) in [4.78, 5) is 27.4. The number of nitrogens with two attached hydrogens (primary N) is 1. The molecule has 2 amide bonds. The number of nitrogens with zero attached hydrogens (tertiary/aromatic N) is 3. The average molecular weight is 504 g/mol. The van der Waals surface area contributed by atoms with Gasteiger partial charge in [0.15, 0.2) is 11.0 Å². The van der Waals surface area contributed by atoms with Crippen LogP contribution in [0.15, 0.2) is 10.5 Å². The summed E-state index contributed by atoms with van der Waals surface area (Å²) in [6, 6.07) is 0.146. The molecule has 0 radical (unpaired) electrons. The summed E-state index contributed by atoms with van der Waals surface area (Å²) in [7, 11) is 0. The topological polar surface area (TPSA) is 103 Å². The Bertz CT molecular complexity index is 1210. The number of primary amides is 1. The highest BCUT2D eigenvalue weighted by Crippen LogP contribution is 2.39. The molecule has 1 aliphatic rings. The van der Waals surface area contributed by atoms with Gasteiger partial charge in [-0.25, -0.2) is 0 Å². The predicted molar refractivity (Wildman–Crippen MR) is 137 cm³/mol. The van der Waals surface area contributed by atoms with Crippen molar-refractivity contribution < 1.29 is 9.59 Å². The van der Waals surface area contributed by atoms with E-state index in [9.17, 15) is 9.59 Å². The number of anilines is 1. The van der Waals surface area contributed by atoms with E-state index in [1.54, 1.807) is 11.3 Å². The van der Waals surface area contributed by atoms with Crippen LogP contribution in [-0.4, -0.2) is 32.3 Å². The molecule has 0 aromatic carbocycles. The third-order valence-electron chi connectivity index (χ3n) is 6.05. The van der Waals surface area contributed by atoms with E-state index in [1.165, 1.54) is 33.5 Å². The van der Waals surface area contributed by atoms with Crippen LogP contribution in [0.2, 0.25) is 0 Å². The second kappa shape index (κ2) is 9.60. The maximum absolute atomic E-state index is 12.8. The first-order valence-electron chi connectivity index (χ1n) is 11.0. The molecular formula is C23H29N5O2S3. The predicted octanol–water partition coefficient (Wildman–Crippen LogP) is 5.22. The largest absolute Gasteiger partial charge is 0.365 e. The number of aryl methyl sites for hydroxylation is 1. The van der Waals surface area contributed by atoms with Crippen LogP contribution in [0.5, 0.6) is 0 Å². The van der Waals surface area contributed by atoms with Crippen LogP contribution in [0.4, 0.5) is 5.00 Å². The van der Waals surface area contributed by atoms with Crippen LogP contribution in [-0.2, 0) is 17.6 Å². The van der Waals surface area contributed by atoms with E-state index >= 15 is 0 Å². The Morgan fingerprint density at radius 1 is 1.33 bits per heavy atom. The molecule has 0 spiro atoms. The molecule has 0 bridgehead atoms. The lowest BCUT2D eigenvalue weighted by molar-refractivity contribution is -0.113. The molecule has 0 aliphatic heterocycles. The van der Waals surface area contributed by atoms with Gasteiger partial charge in [-0.2, -0.15) is 0 Å². The van der Waals surface area contributed by atoms with E-state index in [2.05, 4.69) is 60.1 Å². The number of amides is 2. The summed E-state index contributed by atoms with van der Waals surface area (Å²) >= 11 is 4.53. The zero-order valence-corrected chi connectivity index (χ0v) is 22.0. The van der Waals surface area contributed by atoms with Crippen molar-refractivity contribution in [1.29, 1.82) is 0 Å². The van der Waals surface area contributed by atoms with Crippen molar-refractivity contribution in [2.45, 2.75) is 65.1 Å². The number of thioether (sulfide) groups is 1. The van der Waals surface area contributed by atoms with Gasteiger partial charge in [0.25, 0.3) is 5.91 Å². The first-order valence-corrected chi connectivity index (χ1v) is 13.7. The smallest absolute Gasteiger partial charge is 0.251 e. The van der Waals surface area contributed by atoms with Crippen molar-refractivity contribution in [3.8, 4) is 11.4 Å². The van der Waals surface area contributed by atoms with Gasteiger partial charge in [-0.3, -0.25) is 14.2 Å². The van der Waals surface area contributed by atoms with Crippen molar-refractivity contribution in [3.63, 3.8) is 0 Å². The number of aromatic nitrogens is 3. The maximum atomic E-state index is 12.8. The lowest BCUT2D eigenvalue weighted by Gasteiger charge is -2.18. The third-order valence-corrected chi connectivity index (χ3v) is 9.18. The Hall–Kier alpha value is -2.17. The number of nitrogens with one attached hydrogen (secondary N) is 1. The highest BCUT2D eigenvalue weighted by atomic mass is 32.2. The minimum atomic E-state index is -0.476. The molecule has 0 saturated heterocycles. The van der Waals surface area contributed by atoms with Gasteiger partial charge in [0.2, 0.25) is 5.91 Å². The molecule has 1 unspecified atom stereocenters. The van der Waals surface area contributed by atoms with E-state index in [-0.39, 0.29) is 17.7 Å². The molecule has 33 heavy (non-hydrogen) atoms. The van der Waals surface area contributed by atoms with Crippen LogP contribution in [0, 0.1) is 19.8 Å². The first kappa shape index (κ1) is 24.0. The number of hydrogen-bond acceptors (Lipinski definition) is 7. The molecule has 1 aliphatic carbocycles. The number of thiophene rings is 2. The van der Waals surface area contributed by atoms with Gasteiger partial charge in [-0.1, -0.05) is 18.7 Å². The molecule has 0 fully saturated rings. The summed E-state index contributed by atoms with van der Waals surface area (Å²) in [5.74, 6) is 0.908. The Morgan fingerprint density at radius 2 is 2.09 bits per heavy atom. The second-order valence-electron chi connectivity index (χ2n) is 8.86. The van der Waals surface area contributed by atoms with E-state index < -0.39 is 5.91 Å². The molecule has 4 rings (SSSR count). The fourth-order valence-corrected chi connectivity index (χ4v) is 7.31. The summed E-state index contributed by atoms with van der Waals surface area (Å²) < 4.78 is 2.08. The molecule has 10 heteroatoms. The van der Waals surface area contributed by atoms with Crippen LogP contribution in [0.1, 0.15) is 64.5 Å². The highest BCUT2D eigenvalue weighted by molar-refractivity contribution is 7.99. The molecule has 176 valence electrons. The summed E-state index contributed by atoms with van der Waals surface area (Å²) in [5.41, 5.74) is 9.46.